The maximum atomic E-state index is 12.7. The molecule has 0 radical (unpaired) electrons. The normalized spacial score (nSPS) is 12.9. The van der Waals surface area contributed by atoms with Crippen molar-refractivity contribution >= 4 is 17.3 Å². The topological polar surface area (TPSA) is 98.8 Å². The number of hydrogen-bond acceptors (Lipinski definition) is 6. The Morgan fingerprint density at radius 1 is 0.821 bits per heavy atom. The fourth-order valence-electron chi connectivity index (χ4n) is 4.79. The minimum atomic E-state index is -0.313. The Labute approximate surface area is 223 Å². The van der Waals surface area contributed by atoms with Gasteiger partial charge in [-0.1, -0.05) is 42.5 Å². The summed E-state index contributed by atoms with van der Waals surface area (Å²) < 4.78 is 9.20. The summed E-state index contributed by atoms with van der Waals surface area (Å²) in [7, 11) is 0. The maximum absolute atomic E-state index is 12.7. The third-order valence-electron chi connectivity index (χ3n) is 6.69. The first kappa shape index (κ1) is 24.3. The largest absolute Gasteiger partial charge is 0.492 e. The number of benzene rings is 2. The molecule has 9 nitrogen and oxygen atoms in total. The predicted molar refractivity (Wildman–Crippen MR) is 146 cm³/mol. The number of nitrogens with zero attached hydrogens (tertiary/aromatic N) is 5. The van der Waals surface area contributed by atoms with Crippen molar-refractivity contribution in [2.24, 2.45) is 0 Å². The molecule has 0 fully saturated rings. The van der Waals surface area contributed by atoms with Gasteiger partial charge in [0.05, 0.1) is 40.5 Å². The summed E-state index contributed by atoms with van der Waals surface area (Å²) in [6.07, 6.45) is 1.79. The molecule has 3 aromatic heterocycles. The van der Waals surface area contributed by atoms with E-state index < -0.39 is 0 Å². The van der Waals surface area contributed by atoms with Crippen molar-refractivity contribution in [1.82, 2.24) is 24.3 Å². The van der Waals surface area contributed by atoms with E-state index in [4.69, 9.17) is 9.84 Å². The van der Waals surface area contributed by atoms with Crippen LogP contribution in [0.25, 0.3) is 28.0 Å². The molecule has 5 aromatic rings. The van der Waals surface area contributed by atoms with Gasteiger partial charge in [0.1, 0.15) is 18.1 Å². The maximum Gasteiger partial charge on any atom is 0.267 e. The quantitative estimate of drug-likeness (QED) is 0.294. The SMILES string of the molecule is CC(C)n1nc(-c2c(-c3ccccc3)nn3ccc(OCCN4C(=O)c5ccccc5C4=O)cc23)ccc1=O. The van der Waals surface area contributed by atoms with Gasteiger partial charge in [-0.05, 0) is 38.1 Å². The van der Waals surface area contributed by atoms with Gasteiger partial charge >= 0.3 is 0 Å². The standard InChI is InChI=1S/C30H25N5O4/c1-19(2)35-26(36)13-12-24(31-35)27-25-18-21(14-15-34(25)32-28(27)20-8-4-3-5-9-20)39-17-16-33-29(37)22-10-6-7-11-23(22)30(33)38/h3-15,18-19H,16-17H2,1-2H3. The lowest BCUT2D eigenvalue weighted by Gasteiger charge is -2.14. The number of fused-ring (bicyclic) bond motifs is 2. The van der Waals surface area contributed by atoms with Crippen LogP contribution in [0.4, 0.5) is 0 Å². The van der Waals surface area contributed by atoms with Gasteiger partial charge in [0.25, 0.3) is 17.4 Å². The van der Waals surface area contributed by atoms with Gasteiger partial charge in [0.2, 0.25) is 0 Å². The van der Waals surface area contributed by atoms with Crippen molar-refractivity contribution in [1.29, 1.82) is 0 Å². The lowest BCUT2D eigenvalue weighted by Crippen LogP contribution is -2.33. The second-order valence-corrected chi connectivity index (χ2v) is 9.53. The van der Waals surface area contributed by atoms with Crippen LogP contribution >= 0.6 is 0 Å². The summed E-state index contributed by atoms with van der Waals surface area (Å²) in [6.45, 7) is 4.08. The molecule has 0 spiro atoms. The van der Waals surface area contributed by atoms with E-state index in [9.17, 15) is 14.4 Å². The number of aromatic nitrogens is 4. The highest BCUT2D eigenvalue weighted by molar-refractivity contribution is 6.21. The predicted octanol–water partition coefficient (Wildman–Crippen LogP) is 4.48. The van der Waals surface area contributed by atoms with Crippen LogP contribution in [0.2, 0.25) is 0 Å². The summed E-state index contributed by atoms with van der Waals surface area (Å²) in [6, 6.07) is 23.3. The average molecular weight is 520 g/mol. The molecular weight excluding hydrogens is 494 g/mol. The highest BCUT2D eigenvalue weighted by atomic mass is 16.5. The molecule has 1 aliphatic rings. The summed E-state index contributed by atoms with van der Waals surface area (Å²) in [4.78, 5) is 39.0. The molecule has 0 N–H and O–H groups in total. The molecule has 9 heteroatoms. The van der Waals surface area contributed by atoms with E-state index in [-0.39, 0.29) is 36.6 Å². The fraction of sp³-hybridized carbons (Fsp3) is 0.167. The van der Waals surface area contributed by atoms with Gasteiger partial charge in [-0.15, -0.1) is 0 Å². The van der Waals surface area contributed by atoms with E-state index in [0.29, 0.717) is 22.6 Å². The minimum Gasteiger partial charge on any atom is -0.492 e. The molecule has 0 saturated heterocycles. The van der Waals surface area contributed by atoms with E-state index in [1.807, 2.05) is 50.2 Å². The molecule has 0 saturated carbocycles. The molecule has 0 atom stereocenters. The van der Waals surface area contributed by atoms with Crippen LogP contribution in [-0.4, -0.2) is 49.3 Å². The van der Waals surface area contributed by atoms with E-state index in [2.05, 4.69) is 5.10 Å². The van der Waals surface area contributed by atoms with E-state index in [1.165, 1.54) is 15.6 Å². The van der Waals surface area contributed by atoms with Crippen molar-refractivity contribution in [3.63, 3.8) is 0 Å². The number of ether oxygens (including phenoxy) is 1. The zero-order valence-electron chi connectivity index (χ0n) is 21.4. The summed E-state index contributed by atoms with van der Waals surface area (Å²) >= 11 is 0. The zero-order valence-corrected chi connectivity index (χ0v) is 21.4. The number of hydrogen-bond donors (Lipinski definition) is 0. The Morgan fingerprint density at radius 2 is 1.51 bits per heavy atom. The third kappa shape index (κ3) is 4.27. The number of pyridine rings is 1. The van der Waals surface area contributed by atoms with Crippen LogP contribution < -0.4 is 10.3 Å². The van der Waals surface area contributed by atoms with Crippen molar-refractivity contribution in [2.45, 2.75) is 19.9 Å². The van der Waals surface area contributed by atoms with Crippen LogP contribution in [0.5, 0.6) is 5.75 Å². The highest BCUT2D eigenvalue weighted by Gasteiger charge is 2.34. The van der Waals surface area contributed by atoms with Gasteiger partial charge < -0.3 is 4.74 Å². The molecular formula is C30H25N5O4. The Bertz CT molecular complexity index is 1750. The fourth-order valence-corrected chi connectivity index (χ4v) is 4.79. The smallest absolute Gasteiger partial charge is 0.267 e. The van der Waals surface area contributed by atoms with Gasteiger partial charge in [-0.3, -0.25) is 19.3 Å². The second kappa shape index (κ2) is 9.68. The number of amides is 2. The van der Waals surface area contributed by atoms with Gasteiger partial charge in [-0.25, -0.2) is 9.20 Å². The van der Waals surface area contributed by atoms with Crippen LogP contribution in [0, 0.1) is 0 Å². The molecule has 194 valence electrons. The van der Waals surface area contributed by atoms with Gasteiger partial charge in [-0.2, -0.15) is 10.2 Å². The molecule has 39 heavy (non-hydrogen) atoms. The Hall–Kier alpha value is -5.05. The third-order valence-corrected chi connectivity index (χ3v) is 6.69. The molecule has 4 heterocycles. The first-order valence-corrected chi connectivity index (χ1v) is 12.7. The van der Waals surface area contributed by atoms with Crippen molar-refractivity contribution in [2.75, 3.05) is 13.2 Å². The van der Waals surface area contributed by atoms with Crippen molar-refractivity contribution < 1.29 is 14.3 Å². The monoisotopic (exact) mass is 519 g/mol. The zero-order chi connectivity index (χ0) is 27.1. The Balaban J connectivity index is 1.34. The molecule has 2 aromatic carbocycles. The minimum absolute atomic E-state index is 0.111. The van der Waals surface area contributed by atoms with E-state index in [0.717, 1.165) is 22.3 Å². The lowest BCUT2D eigenvalue weighted by molar-refractivity contribution is 0.0631. The first-order valence-electron chi connectivity index (χ1n) is 12.7. The number of imide groups is 1. The lowest BCUT2D eigenvalue weighted by atomic mass is 10.0. The van der Waals surface area contributed by atoms with Crippen LogP contribution in [0.15, 0.2) is 89.9 Å². The second-order valence-electron chi connectivity index (χ2n) is 9.53. The molecule has 0 bridgehead atoms. The first-order chi connectivity index (χ1) is 18.9. The molecule has 0 unspecified atom stereocenters. The Morgan fingerprint density at radius 3 is 2.21 bits per heavy atom. The molecule has 6 rings (SSSR count). The summed E-state index contributed by atoms with van der Waals surface area (Å²) in [5.41, 5.74) is 4.40. The molecule has 0 aliphatic carbocycles. The molecule has 2 amide bonds. The Kier molecular flexibility index (Phi) is 6.03. The average Bonchev–Trinajstić information content (AvgIpc) is 3.45. The number of rotatable bonds is 7. The number of carbonyl (C=O) groups excluding carboxylic acids is 2. The van der Waals surface area contributed by atoms with Crippen molar-refractivity contribution in [3.8, 4) is 28.3 Å². The van der Waals surface area contributed by atoms with Gasteiger partial charge in [0, 0.05) is 23.9 Å². The summed E-state index contributed by atoms with van der Waals surface area (Å²) in [5.74, 6) is -0.0739. The van der Waals surface area contributed by atoms with Crippen LogP contribution in [0.1, 0.15) is 40.6 Å². The van der Waals surface area contributed by atoms with Gasteiger partial charge in [0.15, 0.2) is 0 Å². The molecule has 1 aliphatic heterocycles. The highest BCUT2D eigenvalue weighted by Crippen LogP contribution is 2.35. The van der Waals surface area contributed by atoms with E-state index in [1.54, 1.807) is 47.1 Å². The van der Waals surface area contributed by atoms with Crippen LogP contribution in [0.3, 0.4) is 0 Å². The summed E-state index contributed by atoms with van der Waals surface area (Å²) in [5, 5.41) is 9.48. The number of carbonyl (C=O) groups is 2. The van der Waals surface area contributed by atoms with E-state index >= 15 is 0 Å². The van der Waals surface area contributed by atoms with Crippen molar-refractivity contribution in [3.05, 3.63) is 107 Å². The van der Waals surface area contributed by atoms with Crippen LogP contribution in [-0.2, 0) is 0 Å².